The number of halogens is 1. The first-order chi connectivity index (χ1) is 7.95. The number of nitrogen functional groups attached to an aromatic ring is 1. The van der Waals surface area contributed by atoms with Gasteiger partial charge < -0.3 is 10.5 Å². The van der Waals surface area contributed by atoms with Gasteiger partial charge in [0.15, 0.2) is 0 Å². The Morgan fingerprint density at radius 1 is 1.59 bits per heavy atom. The number of benzene rings is 1. The van der Waals surface area contributed by atoms with Gasteiger partial charge in [-0.15, -0.1) is 0 Å². The Balaban J connectivity index is 3.08. The first-order valence-corrected chi connectivity index (χ1v) is 5.21. The monoisotopic (exact) mass is 258 g/mol. The summed E-state index contributed by atoms with van der Waals surface area (Å²) in [4.78, 5) is 21.4. The van der Waals surface area contributed by atoms with Gasteiger partial charge in [0, 0.05) is 11.6 Å². The van der Waals surface area contributed by atoms with E-state index in [4.69, 9.17) is 22.1 Å². The first kappa shape index (κ1) is 13.2. The van der Waals surface area contributed by atoms with Gasteiger partial charge in [0.05, 0.1) is 28.7 Å². The van der Waals surface area contributed by atoms with E-state index in [0.717, 1.165) is 6.07 Å². The number of esters is 1. The van der Waals surface area contributed by atoms with E-state index >= 15 is 0 Å². The number of nitro benzene ring substituents is 1. The molecule has 0 aliphatic carbocycles. The second-order valence-electron chi connectivity index (χ2n) is 3.24. The lowest BCUT2D eigenvalue weighted by Gasteiger charge is -2.05. The van der Waals surface area contributed by atoms with Crippen molar-refractivity contribution in [2.45, 2.75) is 13.3 Å². The molecule has 2 N–H and O–H groups in total. The molecule has 0 unspecified atom stereocenters. The summed E-state index contributed by atoms with van der Waals surface area (Å²) >= 11 is 5.75. The average Bonchev–Trinajstić information content (AvgIpc) is 2.23. The van der Waals surface area contributed by atoms with Crippen LogP contribution in [-0.2, 0) is 16.0 Å². The van der Waals surface area contributed by atoms with Gasteiger partial charge in [0.1, 0.15) is 0 Å². The molecule has 17 heavy (non-hydrogen) atoms. The fourth-order valence-electron chi connectivity index (χ4n) is 1.30. The van der Waals surface area contributed by atoms with E-state index in [-0.39, 0.29) is 35.0 Å². The number of ether oxygens (including phenoxy) is 1. The Bertz CT molecular complexity index is 462. The highest BCUT2D eigenvalue weighted by Crippen LogP contribution is 2.29. The molecule has 0 saturated heterocycles. The van der Waals surface area contributed by atoms with Crippen LogP contribution in [0.4, 0.5) is 11.4 Å². The fourth-order valence-corrected chi connectivity index (χ4v) is 1.48. The van der Waals surface area contributed by atoms with Crippen molar-refractivity contribution < 1.29 is 14.5 Å². The van der Waals surface area contributed by atoms with Crippen LogP contribution >= 0.6 is 11.6 Å². The normalized spacial score (nSPS) is 10.0. The molecule has 0 bridgehead atoms. The Labute approximate surface area is 102 Å². The second-order valence-corrected chi connectivity index (χ2v) is 3.65. The molecule has 0 aliphatic heterocycles. The van der Waals surface area contributed by atoms with Crippen molar-refractivity contribution in [3.63, 3.8) is 0 Å². The van der Waals surface area contributed by atoms with Crippen LogP contribution in [0.5, 0.6) is 0 Å². The first-order valence-electron chi connectivity index (χ1n) is 4.83. The maximum absolute atomic E-state index is 11.3. The second kappa shape index (κ2) is 5.49. The van der Waals surface area contributed by atoms with E-state index in [1.165, 1.54) is 6.07 Å². The van der Waals surface area contributed by atoms with Crippen LogP contribution in [0.25, 0.3) is 0 Å². The number of carbonyl (C=O) groups is 1. The molecule has 0 aromatic heterocycles. The van der Waals surface area contributed by atoms with E-state index in [9.17, 15) is 14.9 Å². The van der Waals surface area contributed by atoms with Gasteiger partial charge >= 0.3 is 5.97 Å². The van der Waals surface area contributed by atoms with Crippen molar-refractivity contribution >= 4 is 28.9 Å². The Morgan fingerprint density at radius 3 is 2.76 bits per heavy atom. The molecule has 0 amide bonds. The highest BCUT2D eigenvalue weighted by Gasteiger charge is 2.19. The molecule has 0 spiro atoms. The number of hydrogen-bond donors (Lipinski definition) is 1. The van der Waals surface area contributed by atoms with Crippen molar-refractivity contribution in [2.75, 3.05) is 12.3 Å². The lowest BCUT2D eigenvalue weighted by Crippen LogP contribution is -2.09. The predicted octanol–water partition coefficient (Wildman–Crippen LogP) is 1.94. The zero-order valence-electron chi connectivity index (χ0n) is 9.10. The Hall–Kier alpha value is -1.82. The van der Waals surface area contributed by atoms with E-state index in [1.54, 1.807) is 6.92 Å². The molecular formula is C10H11ClN2O4. The molecule has 0 fully saturated rings. The standard InChI is InChI=1S/C10H11ClN2O4/c1-2-17-10(14)4-6-3-7(11)8(12)5-9(6)13(15)16/h3,5H,2,4,12H2,1H3. The van der Waals surface area contributed by atoms with Gasteiger partial charge in [-0.05, 0) is 13.0 Å². The highest BCUT2D eigenvalue weighted by molar-refractivity contribution is 6.33. The van der Waals surface area contributed by atoms with E-state index in [0.29, 0.717) is 0 Å². The van der Waals surface area contributed by atoms with Gasteiger partial charge in [-0.1, -0.05) is 11.6 Å². The zero-order valence-corrected chi connectivity index (χ0v) is 9.86. The van der Waals surface area contributed by atoms with E-state index < -0.39 is 10.9 Å². The summed E-state index contributed by atoms with van der Waals surface area (Å²) in [6.07, 6.45) is -0.204. The number of rotatable bonds is 4. The Kier molecular flexibility index (Phi) is 4.28. The molecule has 0 aliphatic rings. The third-order valence-electron chi connectivity index (χ3n) is 2.03. The topological polar surface area (TPSA) is 95.5 Å². The van der Waals surface area contributed by atoms with Gasteiger partial charge in [0.2, 0.25) is 0 Å². The molecular weight excluding hydrogens is 248 g/mol. The lowest BCUT2D eigenvalue weighted by atomic mass is 10.1. The molecule has 6 nitrogen and oxygen atoms in total. The number of nitro groups is 1. The summed E-state index contributed by atoms with van der Waals surface area (Å²) in [5, 5.41) is 11.0. The highest BCUT2D eigenvalue weighted by atomic mass is 35.5. The minimum atomic E-state index is -0.610. The smallest absolute Gasteiger partial charge is 0.310 e. The van der Waals surface area contributed by atoms with Crippen molar-refractivity contribution in [3.05, 3.63) is 32.8 Å². The van der Waals surface area contributed by atoms with Crippen LogP contribution in [0.1, 0.15) is 12.5 Å². The quantitative estimate of drug-likeness (QED) is 0.385. The minimum Gasteiger partial charge on any atom is -0.466 e. The largest absolute Gasteiger partial charge is 0.466 e. The van der Waals surface area contributed by atoms with Crippen molar-refractivity contribution in [1.82, 2.24) is 0 Å². The van der Waals surface area contributed by atoms with Gasteiger partial charge in [0.25, 0.3) is 5.69 Å². The third-order valence-corrected chi connectivity index (χ3v) is 2.36. The van der Waals surface area contributed by atoms with Gasteiger partial charge in [-0.3, -0.25) is 14.9 Å². The molecule has 7 heteroatoms. The molecule has 1 aromatic rings. The van der Waals surface area contributed by atoms with Crippen LogP contribution in [0, 0.1) is 10.1 Å². The lowest BCUT2D eigenvalue weighted by molar-refractivity contribution is -0.385. The van der Waals surface area contributed by atoms with Gasteiger partial charge in [-0.2, -0.15) is 0 Å². The number of carbonyl (C=O) groups excluding carboxylic acids is 1. The molecule has 0 heterocycles. The summed E-state index contributed by atoms with van der Waals surface area (Å²) in [5.41, 5.74) is 5.52. The van der Waals surface area contributed by atoms with Crippen molar-refractivity contribution in [2.24, 2.45) is 0 Å². The fraction of sp³-hybridized carbons (Fsp3) is 0.300. The molecule has 0 saturated carbocycles. The average molecular weight is 259 g/mol. The summed E-state index contributed by atoms with van der Waals surface area (Å²) in [6, 6.07) is 2.45. The number of hydrogen-bond acceptors (Lipinski definition) is 5. The molecule has 1 rings (SSSR count). The summed E-state index contributed by atoms with van der Waals surface area (Å²) in [5.74, 6) is -0.545. The summed E-state index contributed by atoms with van der Waals surface area (Å²) in [6.45, 7) is 1.87. The van der Waals surface area contributed by atoms with Crippen molar-refractivity contribution in [1.29, 1.82) is 0 Å². The molecule has 92 valence electrons. The van der Waals surface area contributed by atoms with Crippen molar-refractivity contribution in [3.8, 4) is 0 Å². The molecule has 0 radical (unpaired) electrons. The summed E-state index contributed by atoms with van der Waals surface area (Å²) < 4.78 is 4.71. The van der Waals surface area contributed by atoms with Crippen LogP contribution in [-0.4, -0.2) is 17.5 Å². The summed E-state index contributed by atoms with van der Waals surface area (Å²) in [7, 11) is 0. The predicted molar refractivity (Wildman–Crippen MR) is 62.9 cm³/mol. The van der Waals surface area contributed by atoms with Gasteiger partial charge in [-0.25, -0.2) is 0 Å². The van der Waals surface area contributed by atoms with Crippen LogP contribution < -0.4 is 5.73 Å². The van der Waals surface area contributed by atoms with Crippen LogP contribution in [0.3, 0.4) is 0 Å². The third kappa shape index (κ3) is 3.32. The van der Waals surface area contributed by atoms with E-state index in [1.807, 2.05) is 0 Å². The number of nitrogens with two attached hydrogens (primary N) is 1. The maximum Gasteiger partial charge on any atom is 0.310 e. The number of nitrogens with zero attached hydrogens (tertiary/aromatic N) is 1. The van der Waals surface area contributed by atoms with Crippen LogP contribution in [0.2, 0.25) is 5.02 Å². The van der Waals surface area contributed by atoms with Crippen LogP contribution in [0.15, 0.2) is 12.1 Å². The number of anilines is 1. The minimum absolute atomic E-state index is 0.103. The maximum atomic E-state index is 11.3. The molecule has 0 atom stereocenters. The SMILES string of the molecule is CCOC(=O)Cc1cc(Cl)c(N)cc1[N+](=O)[O-]. The van der Waals surface area contributed by atoms with E-state index in [2.05, 4.69) is 0 Å². The molecule has 1 aromatic carbocycles. The Morgan fingerprint density at radius 2 is 2.24 bits per heavy atom. The zero-order chi connectivity index (χ0) is 13.0.